The van der Waals surface area contributed by atoms with Crippen molar-refractivity contribution in [3.63, 3.8) is 0 Å². The molecule has 3 aromatic rings. The van der Waals surface area contributed by atoms with Gasteiger partial charge in [-0.2, -0.15) is 0 Å². The van der Waals surface area contributed by atoms with Crippen molar-refractivity contribution >= 4 is 33.3 Å². The molecular formula is C19H21N5O2S. The fourth-order valence-electron chi connectivity index (χ4n) is 3.40. The first-order valence-electron chi connectivity index (χ1n) is 8.90. The lowest BCUT2D eigenvalue weighted by Crippen LogP contribution is -2.51. The van der Waals surface area contributed by atoms with E-state index in [0.717, 1.165) is 21.6 Å². The van der Waals surface area contributed by atoms with E-state index in [2.05, 4.69) is 34.1 Å². The minimum Gasteiger partial charge on any atom is -0.389 e. The Hall–Kier alpha value is -2.58. The van der Waals surface area contributed by atoms with E-state index in [1.54, 1.807) is 47.0 Å². The van der Waals surface area contributed by atoms with Crippen molar-refractivity contribution in [1.29, 1.82) is 0 Å². The van der Waals surface area contributed by atoms with E-state index in [0.29, 0.717) is 18.7 Å². The fourth-order valence-corrected chi connectivity index (χ4v) is 4.40. The van der Waals surface area contributed by atoms with Gasteiger partial charge in [-0.1, -0.05) is 6.07 Å². The lowest BCUT2D eigenvalue weighted by molar-refractivity contribution is 0.0421. The normalized spacial score (nSPS) is 20.0. The smallest absolute Gasteiger partial charge is 0.272 e. The zero-order valence-corrected chi connectivity index (χ0v) is 16.0. The van der Waals surface area contributed by atoms with Crippen LogP contribution in [0.1, 0.15) is 27.3 Å². The topological polar surface area (TPSA) is 91.2 Å². The van der Waals surface area contributed by atoms with Crippen molar-refractivity contribution in [2.24, 2.45) is 0 Å². The molecule has 8 heteroatoms. The number of nitrogens with one attached hydrogen (secondary N) is 1. The van der Waals surface area contributed by atoms with Crippen LogP contribution < -0.4 is 5.32 Å². The Balaban J connectivity index is 1.49. The van der Waals surface area contributed by atoms with Gasteiger partial charge in [-0.25, -0.2) is 9.97 Å². The summed E-state index contributed by atoms with van der Waals surface area (Å²) in [5.41, 5.74) is 1.56. The Kier molecular flexibility index (Phi) is 4.75. The van der Waals surface area contributed by atoms with Crippen LogP contribution in [0.15, 0.2) is 30.7 Å². The van der Waals surface area contributed by atoms with Gasteiger partial charge in [-0.15, -0.1) is 11.3 Å². The Bertz CT molecular complexity index is 975. The molecule has 0 aliphatic carbocycles. The molecule has 0 bridgehead atoms. The highest BCUT2D eigenvalue weighted by Gasteiger charge is 2.31. The summed E-state index contributed by atoms with van der Waals surface area (Å²) in [7, 11) is 0. The molecule has 140 valence electrons. The molecule has 1 aliphatic heterocycles. The molecule has 3 aromatic heterocycles. The summed E-state index contributed by atoms with van der Waals surface area (Å²) in [6.07, 6.45) is 3.10. The number of hydrogen-bond donors (Lipinski definition) is 2. The van der Waals surface area contributed by atoms with Crippen LogP contribution in [0.2, 0.25) is 0 Å². The minimum absolute atomic E-state index is 0.151. The first-order valence-corrected chi connectivity index (χ1v) is 9.72. The van der Waals surface area contributed by atoms with Crippen molar-refractivity contribution in [3.05, 3.63) is 46.9 Å². The number of hydrogen-bond acceptors (Lipinski definition) is 7. The van der Waals surface area contributed by atoms with E-state index in [1.807, 2.05) is 0 Å². The second-order valence-electron chi connectivity index (χ2n) is 6.76. The van der Waals surface area contributed by atoms with Gasteiger partial charge in [0.1, 0.15) is 22.7 Å². The predicted octanol–water partition coefficient (Wildman–Crippen LogP) is 2.39. The molecule has 27 heavy (non-hydrogen) atoms. The molecule has 4 rings (SSSR count). The molecule has 1 aliphatic rings. The average Bonchev–Trinajstić information content (AvgIpc) is 2.98. The summed E-state index contributed by atoms with van der Waals surface area (Å²) in [6, 6.07) is 5.09. The second kappa shape index (κ2) is 7.21. The molecule has 0 saturated carbocycles. The van der Waals surface area contributed by atoms with E-state index in [4.69, 9.17) is 0 Å². The number of fused-ring (bicyclic) bond motifs is 1. The number of nitrogens with zero attached hydrogens (tertiary/aromatic N) is 4. The number of aliphatic hydroxyl groups excluding tert-OH is 1. The largest absolute Gasteiger partial charge is 0.389 e. The quantitative estimate of drug-likeness (QED) is 0.722. The fraction of sp³-hybridized carbons (Fsp3) is 0.368. The van der Waals surface area contributed by atoms with Gasteiger partial charge < -0.3 is 15.3 Å². The lowest BCUT2D eigenvalue weighted by Gasteiger charge is -2.36. The molecule has 4 heterocycles. The number of aromatic nitrogens is 3. The predicted molar refractivity (Wildman–Crippen MR) is 105 cm³/mol. The molecule has 2 N–H and O–H groups in total. The van der Waals surface area contributed by atoms with Crippen LogP contribution in [-0.2, 0) is 0 Å². The Morgan fingerprint density at radius 1 is 1.30 bits per heavy atom. The number of aliphatic hydroxyl groups is 1. The van der Waals surface area contributed by atoms with Gasteiger partial charge in [0.25, 0.3) is 5.91 Å². The van der Waals surface area contributed by atoms with E-state index in [-0.39, 0.29) is 18.5 Å². The number of rotatable bonds is 3. The molecule has 0 radical (unpaired) electrons. The highest BCUT2D eigenvalue weighted by molar-refractivity contribution is 7.18. The number of aryl methyl sites for hydroxylation is 2. The number of piperidine rings is 1. The maximum absolute atomic E-state index is 12.5. The highest BCUT2D eigenvalue weighted by atomic mass is 32.1. The van der Waals surface area contributed by atoms with Gasteiger partial charge in [0.15, 0.2) is 0 Å². The zero-order valence-electron chi connectivity index (χ0n) is 15.2. The third-order valence-electron chi connectivity index (χ3n) is 5.04. The Morgan fingerprint density at radius 3 is 2.89 bits per heavy atom. The van der Waals surface area contributed by atoms with Crippen molar-refractivity contribution < 1.29 is 9.90 Å². The maximum atomic E-state index is 12.5. The molecular weight excluding hydrogens is 362 g/mol. The van der Waals surface area contributed by atoms with Gasteiger partial charge in [0.2, 0.25) is 0 Å². The summed E-state index contributed by atoms with van der Waals surface area (Å²) >= 11 is 1.64. The van der Waals surface area contributed by atoms with Gasteiger partial charge in [0.05, 0.1) is 17.5 Å². The van der Waals surface area contributed by atoms with Crippen LogP contribution in [0.25, 0.3) is 10.2 Å². The number of carbonyl (C=O) groups excluding carboxylic acids is 1. The van der Waals surface area contributed by atoms with Gasteiger partial charge in [-0.05, 0) is 38.0 Å². The van der Waals surface area contributed by atoms with Gasteiger partial charge in [-0.3, -0.25) is 9.78 Å². The maximum Gasteiger partial charge on any atom is 0.272 e. The first-order chi connectivity index (χ1) is 13.0. The number of anilines is 1. The zero-order chi connectivity index (χ0) is 19.0. The Labute approximate surface area is 161 Å². The Morgan fingerprint density at radius 2 is 2.15 bits per heavy atom. The van der Waals surface area contributed by atoms with Crippen LogP contribution in [0.4, 0.5) is 5.82 Å². The number of carbonyl (C=O) groups is 1. The first kappa shape index (κ1) is 17.8. The molecule has 0 spiro atoms. The van der Waals surface area contributed by atoms with E-state index >= 15 is 0 Å². The van der Waals surface area contributed by atoms with Gasteiger partial charge in [0, 0.05) is 24.2 Å². The molecule has 1 amide bonds. The summed E-state index contributed by atoms with van der Waals surface area (Å²) in [5.74, 6) is 0.595. The average molecular weight is 383 g/mol. The van der Waals surface area contributed by atoms with Crippen LogP contribution >= 0.6 is 11.3 Å². The third kappa shape index (κ3) is 3.38. The summed E-state index contributed by atoms with van der Waals surface area (Å²) in [4.78, 5) is 29.2. The summed E-state index contributed by atoms with van der Waals surface area (Å²) in [6.45, 7) is 4.96. The standard InChI is InChI=1S/C19H21N5O2S/c1-11-12(2)27-18-16(11)17(21-10-22-18)23-13-6-8-24(9-15(13)25)19(26)14-5-3-4-7-20-14/h3-5,7,10,13,15,25H,6,8-9H2,1-2H3,(H,21,22,23)/t13-,15-/m1/s1. The van der Waals surface area contributed by atoms with Crippen molar-refractivity contribution in [1.82, 2.24) is 19.9 Å². The number of thiophene rings is 1. The van der Waals surface area contributed by atoms with Crippen LogP contribution in [0.3, 0.4) is 0 Å². The molecule has 2 atom stereocenters. The molecule has 0 unspecified atom stereocenters. The van der Waals surface area contributed by atoms with Crippen molar-refractivity contribution in [2.75, 3.05) is 18.4 Å². The molecule has 7 nitrogen and oxygen atoms in total. The van der Waals surface area contributed by atoms with Crippen LogP contribution in [0.5, 0.6) is 0 Å². The highest BCUT2D eigenvalue weighted by Crippen LogP contribution is 2.33. The number of pyridine rings is 1. The SMILES string of the molecule is Cc1sc2ncnc(N[C@@H]3CCN(C(=O)c4ccccn4)C[C@H]3O)c2c1C. The van der Waals surface area contributed by atoms with Crippen molar-refractivity contribution in [3.8, 4) is 0 Å². The van der Waals surface area contributed by atoms with Crippen molar-refractivity contribution in [2.45, 2.75) is 32.4 Å². The number of amides is 1. The van der Waals surface area contributed by atoms with Crippen LogP contribution in [-0.4, -0.2) is 56.1 Å². The lowest BCUT2D eigenvalue weighted by atomic mass is 10.0. The number of β-amino-alcohol motifs (C(OH)–C–C–N with tert-alkyl or cyclic N) is 1. The van der Waals surface area contributed by atoms with Crippen LogP contribution in [0, 0.1) is 13.8 Å². The summed E-state index contributed by atoms with van der Waals surface area (Å²) < 4.78 is 0. The van der Waals surface area contributed by atoms with Gasteiger partial charge >= 0.3 is 0 Å². The second-order valence-corrected chi connectivity index (χ2v) is 7.96. The summed E-state index contributed by atoms with van der Waals surface area (Å²) in [5, 5.41) is 15.0. The molecule has 1 saturated heterocycles. The number of likely N-dealkylation sites (tertiary alicyclic amines) is 1. The van der Waals surface area contributed by atoms with E-state index < -0.39 is 6.10 Å². The molecule has 1 fully saturated rings. The van der Waals surface area contributed by atoms with E-state index in [1.165, 1.54) is 4.88 Å². The minimum atomic E-state index is -0.684. The molecule has 0 aromatic carbocycles. The third-order valence-corrected chi connectivity index (χ3v) is 6.16. The van der Waals surface area contributed by atoms with E-state index in [9.17, 15) is 9.90 Å². The monoisotopic (exact) mass is 383 g/mol.